The predicted octanol–water partition coefficient (Wildman–Crippen LogP) is 3.11. The van der Waals surface area contributed by atoms with Crippen LogP contribution >= 0.6 is 0 Å². The third-order valence-electron chi connectivity index (χ3n) is 4.66. The van der Waals surface area contributed by atoms with Crippen LogP contribution in [0, 0.1) is 18.3 Å². The molecule has 0 aliphatic heterocycles. The molecule has 0 radical (unpaired) electrons. The molecule has 0 atom stereocenters. The molecule has 1 aromatic rings. The minimum absolute atomic E-state index is 0.0734. The van der Waals surface area contributed by atoms with Crippen molar-refractivity contribution in [2.24, 2.45) is 11.3 Å². The minimum atomic E-state index is -0.767. The lowest BCUT2D eigenvalue weighted by Crippen LogP contribution is -2.36. The number of nitrogens with one attached hydrogen (secondary N) is 1. The summed E-state index contributed by atoms with van der Waals surface area (Å²) in [4.78, 5) is 14.1. The summed E-state index contributed by atoms with van der Waals surface area (Å²) in [6.45, 7) is 8.59. The van der Waals surface area contributed by atoms with Crippen LogP contribution in [0.3, 0.4) is 0 Å². The van der Waals surface area contributed by atoms with E-state index in [2.05, 4.69) is 25.8 Å². The second-order valence-corrected chi connectivity index (χ2v) is 7.07. The number of aryl methyl sites for hydroxylation is 1. The van der Waals surface area contributed by atoms with Crippen molar-refractivity contribution in [1.82, 2.24) is 4.98 Å². The molecule has 19 heavy (non-hydrogen) atoms. The smallest absolute Gasteiger partial charge is 0.250 e. The van der Waals surface area contributed by atoms with Gasteiger partial charge in [0.05, 0.1) is 5.60 Å². The second kappa shape index (κ2) is 4.78. The molecule has 106 valence electrons. The first-order valence-corrected chi connectivity index (χ1v) is 7.14. The van der Waals surface area contributed by atoms with Gasteiger partial charge in [-0.15, -0.1) is 0 Å². The van der Waals surface area contributed by atoms with E-state index < -0.39 is 5.60 Å². The molecular weight excluding hydrogens is 238 g/mol. The summed E-state index contributed by atoms with van der Waals surface area (Å²) in [5.41, 5.74) is 0.996. The molecular formula is C16H25NO2. The van der Waals surface area contributed by atoms with Gasteiger partial charge in [-0.2, -0.15) is 0 Å². The van der Waals surface area contributed by atoms with Crippen molar-refractivity contribution in [3.63, 3.8) is 0 Å². The van der Waals surface area contributed by atoms with E-state index >= 15 is 0 Å². The third kappa shape index (κ3) is 2.92. The molecule has 1 aromatic heterocycles. The normalized spacial score (nSPS) is 28.4. The molecule has 1 heterocycles. The molecule has 0 bridgehead atoms. The SMILES string of the molecule is Cc1cc(C2(O)CCC(C(C)(C)C)CC2)c[nH]c1=O. The lowest BCUT2D eigenvalue weighted by atomic mass is 9.67. The Labute approximate surface area is 115 Å². The Morgan fingerprint density at radius 1 is 1.32 bits per heavy atom. The summed E-state index contributed by atoms with van der Waals surface area (Å²) in [5.74, 6) is 0.664. The van der Waals surface area contributed by atoms with Gasteiger partial charge in [-0.05, 0) is 50.0 Å². The van der Waals surface area contributed by atoms with Crippen LogP contribution < -0.4 is 5.56 Å². The molecule has 2 N–H and O–H groups in total. The summed E-state index contributed by atoms with van der Waals surface area (Å²) < 4.78 is 0. The Morgan fingerprint density at radius 2 is 1.89 bits per heavy atom. The van der Waals surface area contributed by atoms with Gasteiger partial charge < -0.3 is 10.1 Å². The average molecular weight is 263 g/mol. The fourth-order valence-corrected chi connectivity index (χ4v) is 3.12. The maximum Gasteiger partial charge on any atom is 0.250 e. The number of aromatic amines is 1. The maximum absolute atomic E-state index is 11.4. The van der Waals surface area contributed by atoms with Gasteiger partial charge in [0.25, 0.3) is 5.56 Å². The van der Waals surface area contributed by atoms with E-state index in [1.54, 1.807) is 13.1 Å². The predicted molar refractivity (Wildman–Crippen MR) is 77.1 cm³/mol. The minimum Gasteiger partial charge on any atom is -0.385 e. The van der Waals surface area contributed by atoms with Gasteiger partial charge in [-0.1, -0.05) is 20.8 Å². The first-order valence-electron chi connectivity index (χ1n) is 7.14. The highest BCUT2D eigenvalue weighted by molar-refractivity contribution is 5.23. The Bertz CT molecular complexity index is 502. The van der Waals surface area contributed by atoms with Crippen LogP contribution in [0.1, 0.15) is 57.6 Å². The Morgan fingerprint density at radius 3 is 2.37 bits per heavy atom. The van der Waals surface area contributed by atoms with Crippen LogP contribution in [0.15, 0.2) is 17.1 Å². The van der Waals surface area contributed by atoms with Crippen molar-refractivity contribution in [2.45, 2.75) is 59.0 Å². The van der Waals surface area contributed by atoms with E-state index in [0.29, 0.717) is 16.9 Å². The van der Waals surface area contributed by atoms with Gasteiger partial charge in [0, 0.05) is 17.3 Å². The van der Waals surface area contributed by atoms with Gasteiger partial charge >= 0.3 is 0 Å². The van der Waals surface area contributed by atoms with Crippen LogP contribution in [0.4, 0.5) is 0 Å². The molecule has 0 amide bonds. The lowest BCUT2D eigenvalue weighted by Gasteiger charge is -2.41. The monoisotopic (exact) mass is 263 g/mol. The van der Waals surface area contributed by atoms with Crippen LogP contribution in [-0.2, 0) is 5.60 Å². The van der Waals surface area contributed by atoms with Crippen molar-refractivity contribution in [3.8, 4) is 0 Å². The molecule has 3 nitrogen and oxygen atoms in total. The van der Waals surface area contributed by atoms with Crippen molar-refractivity contribution in [1.29, 1.82) is 0 Å². The number of H-pyrrole nitrogens is 1. The summed E-state index contributed by atoms with van der Waals surface area (Å²) >= 11 is 0. The number of pyridine rings is 1. The Kier molecular flexibility index (Phi) is 3.61. The van der Waals surface area contributed by atoms with Crippen LogP contribution in [-0.4, -0.2) is 10.1 Å². The van der Waals surface area contributed by atoms with Gasteiger partial charge in [0.2, 0.25) is 0 Å². The van der Waals surface area contributed by atoms with Crippen LogP contribution in [0.5, 0.6) is 0 Å². The zero-order valence-corrected chi connectivity index (χ0v) is 12.4. The summed E-state index contributed by atoms with van der Waals surface area (Å²) in [7, 11) is 0. The molecule has 0 aromatic carbocycles. The molecule has 0 saturated heterocycles. The molecule has 3 heteroatoms. The number of aromatic nitrogens is 1. The van der Waals surface area contributed by atoms with E-state index in [1.165, 1.54) is 0 Å². The Hall–Kier alpha value is -1.09. The number of hydrogen-bond acceptors (Lipinski definition) is 2. The molecule has 1 saturated carbocycles. The zero-order valence-electron chi connectivity index (χ0n) is 12.4. The Balaban J connectivity index is 2.18. The van der Waals surface area contributed by atoms with Crippen molar-refractivity contribution < 1.29 is 5.11 Å². The quantitative estimate of drug-likeness (QED) is 0.818. The van der Waals surface area contributed by atoms with E-state index in [1.807, 2.05) is 6.07 Å². The first-order chi connectivity index (χ1) is 8.72. The molecule has 2 rings (SSSR count). The van der Waals surface area contributed by atoms with Gasteiger partial charge in [-0.3, -0.25) is 4.79 Å². The number of aliphatic hydroxyl groups is 1. The topological polar surface area (TPSA) is 53.1 Å². The highest BCUT2D eigenvalue weighted by Gasteiger charge is 2.38. The molecule has 1 aliphatic carbocycles. The fraction of sp³-hybridized carbons (Fsp3) is 0.688. The molecule has 0 unspecified atom stereocenters. The fourth-order valence-electron chi connectivity index (χ4n) is 3.12. The largest absolute Gasteiger partial charge is 0.385 e. The second-order valence-electron chi connectivity index (χ2n) is 7.07. The summed E-state index contributed by atoms with van der Waals surface area (Å²) in [5, 5.41) is 10.8. The first kappa shape index (κ1) is 14.3. The molecule has 0 spiro atoms. The standard InChI is InChI=1S/C16H25NO2/c1-11-9-13(10-17-14(11)18)16(19)7-5-12(6-8-16)15(2,3)4/h9-10,12,19H,5-8H2,1-4H3,(H,17,18). The lowest BCUT2D eigenvalue weighted by molar-refractivity contribution is -0.0301. The van der Waals surface area contributed by atoms with Gasteiger partial charge in [0.15, 0.2) is 0 Å². The van der Waals surface area contributed by atoms with Crippen LogP contribution in [0.25, 0.3) is 0 Å². The summed E-state index contributed by atoms with van der Waals surface area (Å²) in [6.07, 6.45) is 5.31. The van der Waals surface area contributed by atoms with E-state index in [-0.39, 0.29) is 5.56 Å². The maximum atomic E-state index is 11.4. The number of hydrogen-bond donors (Lipinski definition) is 2. The van der Waals surface area contributed by atoms with Crippen molar-refractivity contribution in [3.05, 3.63) is 33.7 Å². The van der Waals surface area contributed by atoms with E-state index in [0.717, 1.165) is 31.2 Å². The van der Waals surface area contributed by atoms with E-state index in [4.69, 9.17) is 0 Å². The van der Waals surface area contributed by atoms with E-state index in [9.17, 15) is 9.90 Å². The average Bonchev–Trinajstić information content (AvgIpc) is 2.32. The van der Waals surface area contributed by atoms with Crippen molar-refractivity contribution >= 4 is 0 Å². The van der Waals surface area contributed by atoms with Gasteiger partial charge in [-0.25, -0.2) is 0 Å². The highest BCUT2D eigenvalue weighted by atomic mass is 16.3. The number of rotatable bonds is 1. The third-order valence-corrected chi connectivity index (χ3v) is 4.66. The highest BCUT2D eigenvalue weighted by Crippen LogP contribution is 2.45. The van der Waals surface area contributed by atoms with Crippen molar-refractivity contribution in [2.75, 3.05) is 0 Å². The van der Waals surface area contributed by atoms with Crippen LogP contribution in [0.2, 0.25) is 0 Å². The van der Waals surface area contributed by atoms with Gasteiger partial charge in [0.1, 0.15) is 0 Å². The molecule has 1 fully saturated rings. The molecule has 1 aliphatic rings. The zero-order chi connectivity index (χ0) is 14.3. The summed E-state index contributed by atoms with van der Waals surface area (Å²) in [6, 6.07) is 1.83.